The van der Waals surface area contributed by atoms with Gasteiger partial charge in [0.1, 0.15) is 0 Å². The third kappa shape index (κ3) is 4.47. The van der Waals surface area contributed by atoms with Gasteiger partial charge in [-0.3, -0.25) is 9.78 Å². The number of amides is 1. The Bertz CT molecular complexity index is 1130. The highest BCUT2D eigenvalue weighted by atomic mass is 16.1. The molecule has 31 heavy (non-hydrogen) atoms. The standard InChI is InChI=1S/C23H27N7O/c1-5-30-27-23(26-28-30)29-11-10-15(2)21(14-29)18-6-8-19(9-7-18)25-22(31)20-12-17(4)24-13-16(20)3/h6-9,12-13H,5,10-11,14H2,1-4H3,(H,25,31). The van der Waals surface area contributed by atoms with Crippen LogP contribution in [0, 0.1) is 13.8 Å². The summed E-state index contributed by atoms with van der Waals surface area (Å²) in [7, 11) is 0. The van der Waals surface area contributed by atoms with Crippen molar-refractivity contribution in [1.29, 1.82) is 0 Å². The molecule has 160 valence electrons. The molecular formula is C23H27N7O. The van der Waals surface area contributed by atoms with Crippen LogP contribution < -0.4 is 10.2 Å². The van der Waals surface area contributed by atoms with E-state index in [-0.39, 0.29) is 5.91 Å². The summed E-state index contributed by atoms with van der Waals surface area (Å²) in [6.45, 7) is 10.3. The van der Waals surface area contributed by atoms with Gasteiger partial charge in [0, 0.05) is 36.2 Å². The Morgan fingerprint density at radius 2 is 1.94 bits per heavy atom. The largest absolute Gasteiger partial charge is 0.334 e. The summed E-state index contributed by atoms with van der Waals surface area (Å²) in [6, 6.07) is 9.81. The zero-order valence-electron chi connectivity index (χ0n) is 18.4. The molecule has 2 aromatic heterocycles. The Balaban J connectivity index is 1.49. The third-order valence-corrected chi connectivity index (χ3v) is 5.60. The average Bonchev–Trinajstić information content (AvgIpc) is 3.26. The van der Waals surface area contributed by atoms with Crippen molar-refractivity contribution in [3.8, 4) is 0 Å². The van der Waals surface area contributed by atoms with E-state index in [1.54, 1.807) is 11.0 Å². The van der Waals surface area contributed by atoms with Crippen LogP contribution in [0.25, 0.3) is 5.57 Å². The highest BCUT2D eigenvalue weighted by Crippen LogP contribution is 2.29. The van der Waals surface area contributed by atoms with E-state index in [4.69, 9.17) is 0 Å². The second-order valence-corrected chi connectivity index (χ2v) is 7.88. The molecule has 0 saturated carbocycles. The van der Waals surface area contributed by atoms with Crippen LogP contribution in [0.5, 0.6) is 0 Å². The van der Waals surface area contributed by atoms with Gasteiger partial charge in [0.05, 0.1) is 6.54 Å². The summed E-state index contributed by atoms with van der Waals surface area (Å²) in [4.78, 5) is 20.7. The molecule has 1 aliphatic heterocycles. The van der Waals surface area contributed by atoms with Crippen LogP contribution >= 0.6 is 0 Å². The van der Waals surface area contributed by atoms with Gasteiger partial charge in [-0.25, -0.2) is 0 Å². The number of aromatic nitrogens is 5. The highest BCUT2D eigenvalue weighted by molar-refractivity contribution is 6.05. The Morgan fingerprint density at radius 1 is 1.16 bits per heavy atom. The van der Waals surface area contributed by atoms with Crippen LogP contribution in [0.3, 0.4) is 0 Å². The summed E-state index contributed by atoms with van der Waals surface area (Å²) in [5, 5.41) is 15.7. The van der Waals surface area contributed by atoms with Crippen molar-refractivity contribution in [3.05, 3.63) is 64.5 Å². The number of hydrogen-bond donors (Lipinski definition) is 1. The van der Waals surface area contributed by atoms with E-state index >= 15 is 0 Å². The summed E-state index contributed by atoms with van der Waals surface area (Å²) < 4.78 is 0. The quantitative estimate of drug-likeness (QED) is 0.682. The molecule has 1 aromatic carbocycles. The molecule has 3 aromatic rings. The minimum atomic E-state index is -0.125. The number of tetrazole rings is 1. The fraction of sp³-hybridized carbons (Fsp3) is 0.348. The summed E-state index contributed by atoms with van der Waals surface area (Å²) in [5.74, 6) is 0.541. The first-order valence-electron chi connectivity index (χ1n) is 10.5. The Kier molecular flexibility index (Phi) is 5.79. The second-order valence-electron chi connectivity index (χ2n) is 7.88. The van der Waals surface area contributed by atoms with Crippen molar-refractivity contribution in [2.45, 2.75) is 40.7 Å². The number of pyridine rings is 1. The number of carbonyl (C=O) groups is 1. The molecule has 1 amide bonds. The topological polar surface area (TPSA) is 88.8 Å². The van der Waals surface area contributed by atoms with Crippen molar-refractivity contribution in [2.75, 3.05) is 23.3 Å². The van der Waals surface area contributed by atoms with Crippen LogP contribution in [0.1, 0.15) is 47.4 Å². The molecule has 0 radical (unpaired) electrons. The minimum Gasteiger partial charge on any atom is -0.334 e. The van der Waals surface area contributed by atoms with E-state index < -0.39 is 0 Å². The molecule has 0 aliphatic carbocycles. The SMILES string of the molecule is CCn1nnc(N2CCC(C)=C(c3ccc(NC(=O)c4cc(C)ncc4C)cc3)C2)n1. The molecule has 0 fully saturated rings. The molecule has 3 heterocycles. The number of benzene rings is 1. The Morgan fingerprint density at radius 3 is 2.65 bits per heavy atom. The van der Waals surface area contributed by atoms with E-state index in [9.17, 15) is 4.79 Å². The monoisotopic (exact) mass is 417 g/mol. The summed E-state index contributed by atoms with van der Waals surface area (Å²) in [6.07, 6.45) is 2.68. The van der Waals surface area contributed by atoms with E-state index in [0.29, 0.717) is 18.1 Å². The minimum absolute atomic E-state index is 0.125. The number of anilines is 2. The molecule has 1 aliphatic rings. The number of nitrogens with one attached hydrogen (secondary N) is 1. The molecular weight excluding hydrogens is 390 g/mol. The van der Waals surface area contributed by atoms with Gasteiger partial charge in [-0.15, -0.1) is 5.10 Å². The molecule has 0 unspecified atom stereocenters. The Labute approximate surface area is 182 Å². The maximum absolute atomic E-state index is 12.7. The van der Waals surface area contributed by atoms with Gasteiger partial charge in [-0.05, 0) is 74.2 Å². The zero-order valence-corrected chi connectivity index (χ0v) is 18.4. The van der Waals surface area contributed by atoms with E-state index in [2.05, 4.69) is 49.7 Å². The van der Waals surface area contributed by atoms with Crippen molar-refractivity contribution in [3.63, 3.8) is 0 Å². The van der Waals surface area contributed by atoms with Gasteiger partial charge in [0.2, 0.25) is 0 Å². The maximum atomic E-state index is 12.7. The lowest BCUT2D eigenvalue weighted by molar-refractivity contribution is 0.102. The predicted molar refractivity (Wildman–Crippen MR) is 121 cm³/mol. The normalized spacial score (nSPS) is 14.1. The molecule has 4 rings (SSSR count). The first-order chi connectivity index (χ1) is 14.9. The number of rotatable bonds is 5. The Hall–Kier alpha value is -3.55. The van der Waals surface area contributed by atoms with Crippen molar-refractivity contribution >= 4 is 23.1 Å². The average molecular weight is 418 g/mol. The molecule has 1 N–H and O–H groups in total. The number of carbonyl (C=O) groups excluding carboxylic acids is 1. The lowest BCUT2D eigenvalue weighted by Gasteiger charge is -2.29. The number of nitrogens with zero attached hydrogens (tertiary/aromatic N) is 6. The summed E-state index contributed by atoms with van der Waals surface area (Å²) in [5.41, 5.74) is 6.85. The predicted octanol–water partition coefficient (Wildman–Crippen LogP) is 3.64. The third-order valence-electron chi connectivity index (χ3n) is 5.60. The van der Waals surface area contributed by atoms with Gasteiger partial charge < -0.3 is 10.2 Å². The first kappa shape index (κ1) is 20.7. The molecule has 0 atom stereocenters. The smallest absolute Gasteiger partial charge is 0.266 e. The molecule has 8 nitrogen and oxygen atoms in total. The molecule has 8 heteroatoms. The van der Waals surface area contributed by atoms with Crippen molar-refractivity contribution in [2.24, 2.45) is 0 Å². The van der Waals surface area contributed by atoms with Crippen LogP contribution in [-0.2, 0) is 6.54 Å². The van der Waals surface area contributed by atoms with E-state index in [1.807, 2.05) is 39.0 Å². The first-order valence-corrected chi connectivity index (χ1v) is 10.5. The zero-order chi connectivity index (χ0) is 22.0. The van der Waals surface area contributed by atoms with Crippen LogP contribution in [0.15, 0.2) is 42.1 Å². The van der Waals surface area contributed by atoms with Gasteiger partial charge in [-0.1, -0.05) is 22.8 Å². The lowest BCUT2D eigenvalue weighted by Crippen LogP contribution is -2.31. The fourth-order valence-electron chi connectivity index (χ4n) is 3.69. The maximum Gasteiger partial charge on any atom is 0.266 e. The highest BCUT2D eigenvalue weighted by Gasteiger charge is 2.21. The van der Waals surface area contributed by atoms with Gasteiger partial charge in [0.15, 0.2) is 0 Å². The van der Waals surface area contributed by atoms with Crippen molar-refractivity contribution < 1.29 is 4.79 Å². The summed E-state index contributed by atoms with van der Waals surface area (Å²) >= 11 is 0. The lowest BCUT2D eigenvalue weighted by atomic mass is 9.95. The number of hydrogen-bond acceptors (Lipinski definition) is 6. The van der Waals surface area contributed by atoms with E-state index in [0.717, 1.165) is 42.0 Å². The molecule has 0 bridgehead atoms. The van der Waals surface area contributed by atoms with Gasteiger partial charge in [0.25, 0.3) is 11.9 Å². The van der Waals surface area contributed by atoms with Crippen LogP contribution in [0.4, 0.5) is 11.6 Å². The van der Waals surface area contributed by atoms with Crippen LogP contribution in [0.2, 0.25) is 0 Å². The van der Waals surface area contributed by atoms with E-state index in [1.165, 1.54) is 11.1 Å². The van der Waals surface area contributed by atoms with Gasteiger partial charge >= 0.3 is 0 Å². The fourth-order valence-corrected chi connectivity index (χ4v) is 3.69. The molecule has 0 spiro atoms. The van der Waals surface area contributed by atoms with Crippen LogP contribution in [-0.4, -0.2) is 44.2 Å². The second kappa shape index (κ2) is 8.67. The van der Waals surface area contributed by atoms with Crippen molar-refractivity contribution in [1.82, 2.24) is 25.2 Å². The molecule has 0 saturated heterocycles. The van der Waals surface area contributed by atoms with Gasteiger partial charge in [-0.2, -0.15) is 4.80 Å². The number of aryl methyl sites for hydroxylation is 3.